The van der Waals surface area contributed by atoms with Gasteiger partial charge >= 0.3 is 12.1 Å². The molecule has 222 valence electrons. The fourth-order valence-corrected chi connectivity index (χ4v) is 5.26. The molecule has 0 N–H and O–H groups in total. The third-order valence-electron chi connectivity index (χ3n) is 6.98. The van der Waals surface area contributed by atoms with E-state index in [0.717, 1.165) is 44.0 Å². The molecule has 2 aromatic heterocycles. The van der Waals surface area contributed by atoms with Gasteiger partial charge in [-0.2, -0.15) is 13.2 Å². The van der Waals surface area contributed by atoms with Gasteiger partial charge < -0.3 is 23.7 Å². The van der Waals surface area contributed by atoms with Crippen LogP contribution in [0, 0.1) is 5.92 Å². The van der Waals surface area contributed by atoms with Gasteiger partial charge in [0.05, 0.1) is 19.3 Å². The number of pyridine rings is 1. The molecule has 0 saturated carbocycles. The lowest BCUT2D eigenvalue weighted by Gasteiger charge is -2.32. The number of halogens is 3. The minimum Gasteiger partial charge on any atom is -0.493 e. The van der Waals surface area contributed by atoms with Crippen LogP contribution in [0.2, 0.25) is 25.7 Å². The highest BCUT2D eigenvalue weighted by Gasteiger charge is 2.35. The van der Waals surface area contributed by atoms with Gasteiger partial charge in [-0.15, -0.1) is 0 Å². The maximum atomic E-state index is 13.4. The van der Waals surface area contributed by atoms with Crippen LogP contribution >= 0.6 is 0 Å². The van der Waals surface area contributed by atoms with Gasteiger partial charge in [-0.3, -0.25) is 0 Å². The number of hydrogen-bond donors (Lipinski definition) is 0. The number of hydrogen-bond acceptors (Lipinski definition) is 7. The third-order valence-corrected chi connectivity index (χ3v) is 8.68. The van der Waals surface area contributed by atoms with Gasteiger partial charge in [-0.05, 0) is 55.1 Å². The van der Waals surface area contributed by atoms with Crippen LogP contribution in [0.4, 0.5) is 19.0 Å². The molecular formula is C29H37F3N4O4Si. The zero-order valence-corrected chi connectivity index (χ0v) is 24.9. The summed E-state index contributed by atoms with van der Waals surface area (Å²) in [7, 11) is 0.0242. The Morgan fingerprint density at radius 3 is 2.51 bits per heavy atom. The van der Waals surface area contributed by atoms with E-state index in [2.05, 4.69) is 34.5 Å². The maximum Gasteiger partial charge on any atom is 0.434 e. The zero-order chi connectivity index (χ0) is 29.6. The molecule has 0 bridgehead atoms. The minimum absolute atomic E-state index is 0.00673. The van der Waals surface area contributed by atoms with Gasteiger partial charge in [0.15, 0.2) is 5.69 Å². The van der Waals surface area contributed by atoms with Crippen LogP contribution in [-0.2, 0) is 22.4 Å². The molecule has 1 fully saturated rings. The first-order valence-corrected chi connectivity index (χ1v) is 17.4. The lowest BCUT2D eigenvalue weighted by Crippen LogP contribution is -2.36. The number of carbonyl (C=O) groups is 1. The number of anilines is 1. The topological polar surface area (TPSA) is 78.7 Å². The summed E-state index contributed by atoms with van der Waals surface area (Å²) in [6.45, 7) is 9.24. The summed E-state index contributed by atoms with van der Waals surface area (Å²) in [5.41, 5.74) is -0.0109. The van der Waals surface area contributed by atoms with E-state index in [0.29, 0.717) is 36.0 Å². The fourth-order valence-electron chi connectivity index (χ4n) is 4.50. The van der Waals surface area contributed by atoms with E-state index in [1.807, 2.05) is 12.1 Å². The predicted molar refractivity (Wildman–Crippen MR) is 153 cm³/mol. The van der Waals surface area contributed by atoms with E-state index in [-0.39, 0.29) is 12.6 Å². The largest absolute Gasteiger partial charge is 0.493 e. The van der Waals surface area contributed by atoms with Crippen molar-refractivity contribution < 1.29 is 32.2 Å². The summed E-state index contributed by atoms with van der Waals surface area (Å²) in [6.07, 6.45) is -0.192. The molecule has 41 heavy (non-hydrogen) atoms. The SMILES string of the molecule is COC(=O)c1cccc(OCC2CCN(c3ccc(-c4nc(C(F)(F)F)cn4COCC[Si](C)(C)C)cn3)CC2)c1. The van der Waals surface area contributed by atoms with E-state index in [9.17, 15) is 18.0 Å². The Bertz CT molecular complexity index is 1300. The zero-order valence-electron chi connectivity index (χ0n) is 23.9. The summed E-state index contributed by atoms with van der Waals surface area (Å²) in [4.78, 5) is 22.3. The highest BCUT2D eigenvalue weighted by molar-refractivity contribution is 6.76. The number of benzene rings is 1. The van der Waals surface area contributed by atoms with Gasteiger partial charge in [-0.25, -0.2) is 14.8 Å². The Labute approximate surface area is 239 Å². The smallest absolute Gasteiger partial charge is 0.434 e. The number of rotatable bonds is 11. The number of aromatic nitrogens is 3. The molecule has 0 radical (unpaired) electrons. The van der Waals surface area contributed by atoms with E-state index in [1.54, 1.807) is 30.5 Å². The fraction of sp³-hybridized carbons (Fsp3) is 0.483. The first kappa shape index (κ1) is 30.6. The summed E-state index contributed by atoms with van der Waals surface area (Å²) < 4.78 is 58.1. The molecule has 0 spiro atoms. The lowest BCUT2D eigenvalue weighted by molar-refractivity contribution is -0.141. The minimum atomic E-state index is -4.55. The number of carbonyl (C=O) groups excluding carboxylic acids is 1. The monoisotopic (exact) mass is 590 g/mol. The molecule has 1 aliphatic rings. The molecule has 1 aromatic carbocycles. The molecule has 3 heterocycles. The number of ether oxygens (including phenoxy) is 3. The summed E-state index contributed by atoms with van der Waals surface area (Å²) >= 11 is 0. The normalized spacial score (nSPS) is 14.8. The van der Waals surface area contributed by atoms with Crippen LogP contribution in [0.15, 0.2) is 48.8 Å². The standard InChI is InChI=1S/C29H37F3N4O4Si/c1-38-28(37)22-6-5-7-24(16-22)40-19-21-10-12-35(13-11-21)26-9-8-23(17-33-26)27-34-25(29(30,31)32)18-36(27)20-39-14-15-41(2,3)4/h5-9,16-18,21H,10-15,19-20H2,1-4H3. The Morgan fingerprint density at radius 1 is 1.12 bits per heavy atom. The maximum absolute atomic E-state index is 13.4. The quantitative estimate of drug-likeness (QED) is 0.146. The molecule has 1 aliphatic heterocycles. The van der Waals surface area contributed by atoms with Crippen molar-refractivity contribution in [1.29, 1.82) is 0 Å². The molecule has 3 aromatic rings. The summed E-state index contributed by atoms with van der Waals surface area (Å²) in [5.74, 6) is 1.51. The van der Waals surface area contributed by atoms with Crippen molar-refractivity contribution in [3.05, 3.63) is 60.0 Å². The molecule has 0 amide bonds. The second-order valence-electron chi connectivity index (χ2n) is 11.4. The number of methoxy groups -OCH3 is 1. The van der Waals surface area contributed by atoms with Gasteiger partial charge in [-0.1, -0.05) is 25.7 Å². The molecule has 1 saturated heterocycles. The highest BCUT2D eigenvalue weighted by atomic mass is 28.3. The van der Waals surface area contributed by atoms with Crippen LogP contribution < -0.4 is 9.64 Å². The van der Waals surface area contributed by atoms with Crippen molar-refractivity contribution in [2.75, 3.05) is 38.3 Å². The van der Waals surface area contributed by atoms with E-state index < -0.39 is 25.9 Å². The average Bonchev–Trinajstić information content (AvgIpc) is 3.39. The Kier molecular flexibility index (Phi) is 9.75. The van der Waals surface area contributed by atoms with Crippen LogP contribution in [0.25, 0.3) is 11.4 Å². The number of esters is 1. The van der Waals surface area contributed by atoms with Crippen LogP contribution in [0.1, 0.15) is 28.9 Å². The molecular weight excluding hydrogens is 553 g/mol. The molecule has 12 heteroatoms. The first-order chi connectivity index (χ1) is 19.4. The van der Waals surface area contributed by atoms with Gasteiger partial charge in [0.25, 0.3) is 0 Å². The number of piperidine rings is 1. The molecule has 4 rings (SSSR count). The highest BCUT2D eigenvalue weighted by Crippen LogP contribution is 2.32. The molecule has 0 atom stereocenters. The Balaban J connectivity index is 1.34. The first-order valence-electron chi connectivity index (χ1n) is 13.7. The second kappa shape index (κ2) is 13.1. The van der Waals surface area contributed by atoms with Gasteiger partial charge in [0, 0.05) is 45.7 Å². The van der Waals surface area contributed by atoms with Crippen molar-refractivity contribution in [3.8, 4) is 17.1 Å². The van der Waals surface area contributed by atoms with Crippen molar-refractivity contribution in [2.24, 2.45) is 5.92 Å². The Morgan fingerprint density at radius 2 is 1.88 bits per heavy atom. The lowest BCUT2D eigenvalue weighted by atomic mass is 9.98. The molecule has 8 nitrogen and oxygen atoms in total. The molecule has 0 aliphatic carbocycles. The predicted octanol–water partition coefficient (Wildman–Crippen LogP) is 6.36. The number of alkyl halides is 3. The third kappa shape index (κ3) is 8.56. The van der Waals surface area contributed by atoms with Gasteiger partial charge in [0.1, 0.15) is 24.1 Å². The Hall–Kier alpha value is -3.38. The van der Waals surface area contributed by atoms with Crippen molar-refractivity contribution >= 4 is 19.9 Å². The summed E-state index contributed by atoms with van der Waals surface area (Å²) in [6, 6.07) is 11.4. The number of nitrogens with zero attached hydrogens (tertiary/aromatic N) is 4. The van der Waals surface area contributed by atoms with Gasteiger partial charge in [0.2, 0.25) is 0 Å². The van der Waals surface area contributed by atoms with Crippen molar-refractivity contribution in [1.82, 2.24) is 14.5 Å². The van der Waals surface area contributed by atoms with Crippen LogP contribution in [0.5, 0.6) is 5.75 Å². The van der Waals surface area contributed by atoms with Crippen LogP contribution in [0.3, 0.4) is 0 Å². The van der Waals surface area contributed by atoms with Crippen molar-refractivity contribution in [3.63, 3.8) is 0 Å². The van der Waals surface area contributed by atoms with Crippen molar-refractivity contribution in [2.45, 2.75) is 51.4 Å². The van der Waals surface area contributed by atoms with E-state index in [1.165, 1.54) is 11.7 Å². The second-order valence-corrected chi connectivity index (χ2v) is 17.1. The van der Waals surface area contributed by atoms with E-state index in [4.69, 9.17) is 14.2 Å². The number of imidazole rings is 1. The van der Waals surface area contributed by atoms with Crippen LogP contribution in [-0.4, -0.2) is 62.0 Å². The average molecular weight is 591 g/mol. The molecule has 0 unspecified atom stereocenters. The summed E-state index contributed by atoms with van der Waals surface area (Å²) in [5, 5.41) is 0. The van der Waals surface area contributed by atoms with E-state index >= 15 is 0 Å².